The van der Waals surface area contributed by atoms with Gasteiger partial charge in [-0.15, -0.1) is 0 Å². The van der Waals surface area contributed by atoms with Crippen molar-refractivity contribution < 1.29 is 20.3 Å². The zero-order chi connectivity index (χ0) is 9.26. The van der Waals surface area contributed by atoms with Gasteiger partial charge in [0.1, 0.15) is 0 Å². The van der Waals surface area contributed by atoms with E-state index < -0.39 is 0 Å². The zero-order valence-electron chi connectivity index (χ0n) is 10.6. The van der Waals surface area contributed by atoms with Crippen LogP contribution < -0.4 is 29.5 Å². The second kappa shape index (κ2) is 6.64. The third-order valence-corrected chi connectivity index (χ3v) is 2.94. The smallest absolute Gasteiger partial charge is 1.00 e. The first-order valence-corrected chi connectivity index (χ1v) is 4.83. The second-order valence-corrected chi connectivity index (χ2v) is 3.67. The Morgan fingerprint density at radius 2 is 2.13 bits per heavy atom. The van der Waals surface area contributed by atoms with E-state index in [2.05, 4.69) is 36.2 Å². The number of anilines is 1. The molecule has 1 unspecified atom stereocenters. The van der Waals surface area contributed by atoms with Crippen molar-refractivity contribution in [2.24, 2.45) is 5.73 Å². The van der Waals surface area contributed by atoms with Crippen molar-refractivity contribution in [2.75, 3.05) is 18.5 Å². The van der Waals surface area contributed by atoms with Gasteiger partial charge in [0.15, 0.2) is 0 Å². The fraction of sp³-hybridized carbons (Fsp3) is 0.455. The molecule has 2 nitrogen and oxygen atoms in total. The minimum atomic E-state index is 0. The predicted molar refractivity (Wildman–Crippen MR) is 62.9 cm³/mol. The molecule has 2 N–H and O–H groups in total. The van der Waals surface area contributed by atoms with Crippen LogP contribution >= 0.6 is 0 Å². The number of rotatable bonds is 1. The summed E-state index contributed by atoms with van der Waals surface area (Å²) in [5, 5.41) is 0. The molecule has 4 heteroatoms. The molecule has 2 rings (SSSR count). The largest absolute Gasteiger partial charge is 1.00 e. The first-order valence-electron chi connectivity index (χ1n) is 4.83. The Morgan fingerprint density at radius 3 is 2.80 bits per heavy atom. The predicted octanol–water partition coefficient (Wildman–Crippen LogP) is -1.87. The number of nitrogens with two attached hydrogens (primary N) is 1. The molecule has 0 saturated heterocycles. The monoisotopic (exact) mass is 211 g/mol. The van der Waals surface area contributed by atoms with Crippen LogP contribution in [0, 0.1) is 0 Å². The van der Waals surface area contributed by atoms with E-state index in [0.29, 0.717) is 6.04 Å². The molecule has 0 amide bonds. The minimum Gasteiger partial charge on any atom is -1.00 e. The maximum Gasteiger partial charge on any atom is 1.00 e. The van der Waals surface area contributed by atoms with Gasteiger partial charge in [0.05, 0.1) is 0 Å². The third kappa shape index (κ3) is 3.04. The van der Waals surface area contributed by atoms with Crippen LogP contribution in [0.1, 0.15) is 13.4 Å². The molecule has 0 aliphatic carbocycles. The molecule has 15 heavy (non-hydrogen) atoms. The Bertz CT molecular complexity index is 312. The molecule has 0 aromatic heterocycles. The Kier molecular flexibility index (Phi) is 6.69. The molecule has 0 bridgehead atoms. The molecule has 1 atom stereocenters. The van der Waals surface area contributed by atoms with Gasteiger partial charge >= 0.3 is 18.9 Å². The number of likely N-dealkylation sites (N-methyl/N-ethyl adjacent to an activating group) is 1. The fourth-order valence-electron chi connectivity index (χ4n) is 2.05. The fourth-order valence-corrected chi connectivity index (χ4v) is 2.05. The van der Waals surface area contributed by atoms with E-state index >= 15 is 0 Å². The number of aryl methyl sites for hydroxylation is 1. The van der Waals surface area contributed by atoms with Crippen LogP contribution in [0.2, 0.25) is 0 Å². The van der Waals surface area contributed by atoms with Gasteiger partial charge in [-0.3, -0.25) is 0 Å². The van der Waals surface area contributed by atoms with Crippen LogP contribution in [-0.2, 0) is 6.42 Å². The van der Waals surface area contributed by atoms with E-state index in [-0.39, 0.29) is 37.6 Å². The zero-order valence-corrected chi connectivity index (χ0v) is 10.8. The standard InChI is InChI=1S/C11H16N2.Al.Li.H/c1-13-10(8-12)7-6-9-4-2-3-5-11(9)13;;;/h2-5,10H,6-8,12H2,1H3;;;/q;;+1;-1. The summed E-state index contributed by atoms with van der Waals surface area (Å²) < 4.78 is 0. The summed E-state index contributed by atoms with van der Waals surface area (Å²) in [7, 11) is 2.13. The van der Waals surface area contributed by atoms with Crippen LogP contribution in [0.5, 0.6) is 0 Å². The number of nitrogens with zero attached hydrogens (tertiary/aromatic N) is 1. The number of hydrogen-bond acceptors (Lipinski definition) is 2. The first kappa shape index (κ1) is 15.1. The summed E-state index contributed by atoms with van der Waals surface area (Å²) in [4.78, 5) is 2.30. The van der Waals surface area contributed by atoms with Crippen LogP contribution in [0.25, 0.3) is 0 Å². The van der Waals surface area contributed by atoms with Crippen molar-refractivity contribution >= 4 is 23.0 Å². The summed E-state index contributed by atoms with van der Waals surface area (Å²) in [6.07, 6.45) is 2.35. The average molecular weight is 211 g/mol. The SMILES string of the molecule is CN1c2ccccc2CCC1CN.[Al].[H-].[Li+]. The van der Waals surface area contributed by atoms with Gasteiger partial charge in [-0.25, -0.2) is 0 Å². The van der Waals surface area contributed by atoms with E-state index in [0.717, 1.165) is 6.54 Å². The van der Waals surface area contributed by atoms with Crippen molar-refractivity contribution in [3.63, 3.8) is 0 Å². The Balaban J connectivity index is 0. The quantitative estimate of drug-likeness (QED) is 0.552. The molecule has 1 aromatic rings. The maximum absolute atomic E-state index is 5.71. The van der Waals surface area contributed by atoms with E-state index in [4.69, 9.17) is 5.73 Å². The summed E-state index contributed by atoms with van der Waals surface area (Å²) in [6, 6.07) is 9.11. The van der Waals surface area contributed by atoms with Gasteiger partial charge in [0.25, 0.3) is 0 Å². The first-order chi connectivity index (χ1) is 6.33. The Morgan fingerprint density at radius 1 is 1.47 bits per heavy atom. The van der Waals surface area contributed by atoms with Crippen LogP contribution in [0.15, 0.2) is 24.3 Å². The van der Waals surface area contributed by atoms with Gasteiger partial charge in [0.2, 0.25) is 0 Å². The molecule has 1 aromatic carbocycles. The van der Waals surface area contributed by atoms with E-state index in [1.54, 1.807) is 0 Å². The van der Waals surface area contributed by atoms with Gasteiger partial charge in [-0.05, 0) is 24.5 Å². The summed E-state index contributed by atoms with van der Waals surface area (Å²) in [5.74, 6) is 0. The van der Waals surface area contributed by atoms with Crippen molar-refractivity contribution in [1.29, 1.82) is 0 Å². The van der Waals surface area contributed by atoms with E-state index in [1.165, 1.54) is 24.1 Å². The van der Waals surface area contributed by atoms with Crippen molar-refractivity contribution in [3.8, 4) is 0 Å². The molecule has 75 valence electrons. The van der Waals surface area contributed by atoms with Crippen molar-refractivity contribution in [2.45, 2.75) is 18.9 Å². The minimum absolute atomic E-state index is 0. The summed E-state index contributed by atoms with van der Waals surface area (Å²) >= 11 is 0. The third-order valence-electron chi connectivity index (χ3n) is 2.94. The molecule has 1 heterocycles. The maximum atomic E-state index is 5.71. The average Bonchev–Trinajstić information content (AvgIpc) is 2.19. The van der Waals surface area contributed by atoms with Gasteiger partial charge in [0, 0.05) is 42.7 Å². The molecule has 3 radical (unpaired) electrons. The van der Waals surface area contributed by atoms with E-state index in [1.807, 2.05) is 0 Å². The van der Waals surface area contributed by atoms with Gasteiger partial charge < -0.3 is 12.1 Å². The van der Waals surface area contributed by atoms with Crippen molar-refractivity contribution in [1.82, 2.24) is 0 Å². The number of hydrogen-bond donors (Lipinski definition) is 1. The normalized spacial score (nSPS) is 18.5. The Labute approximate surface area is 116 Å². The second-order valence-electron chi connectivity index (χ2n) is 3.67. The van der Waals surface area contributed by atoms with E-state index in [9.17, 15) is 0 Å². The molecular weight excluding hydrogens is 194 g/mol. The number of benzene rings is 1. The molecule has 0 spiro atoms. The molecule has 1 aliphatic rings. The molecule has 0 saturated carbocycles. The van der Waals surface area contributed by atoms with Crippen LogP contribution in [0.4, 0.5) is 5.69 Å². The number of fused-ring (bicyclic) bond motifs is 1. The van der Waals surface area contributed by atoms with Crippen LogP contribution in [0.3, 0.4) is 0 Å². The summed E-state index contributed by atoms with van der Waals surface area (Å²) in [5.41, 5.74) is 8.51. The number of para-hydroxylation sites is 1. The van der Waals surface area contributed by atoms with Crippen molar-refractivity contribution in [3.05, 3.63) is 29.8 Å². The Hall–Kier alpha value is 0.110. The molecular formula is C11H17AlLiN2. The topological polar surface area (TPSA) is 29.3 Å². The van der Waals surface area contributed by atoms with Crippen LogP contribution in [-0.4, -0.2) is 37.0 Å². The van der Waals surface area contributed by atoms with Gasteiger partial charge in [-0.1, -0.05) is 18.2 Å². The summed E-state index contributed by atoms with van der Waals surface area (Å²) in [6.45, 7) is 0.755. The molecule has 0 fully saturated rings. The molecule has 1 aliphatic heterocycles. The van der Waals surface area contributed by atoms with Gasteiger partial charge in [-0.2, -0.15) is 0 Å².